The van der Waals surface area contributed by atoms with Crippen molar-refractivity contribution in [2.75, 3.05) is 19.7 Å². The Balaban J connectivity index is 4.27. The number of aliphatic hydroxyl groups excluding tert-OH is 1. The van der Waals surface area contributed by atoms with Crippen LogP contribution in [0, 0.1) is 5.92 Å². The first-order valence-electron chi connectivity index (χ1n) is 5.29. The van der Waals surface area contributed by atoms with E-state index in [1.807, 2.05) is 13.8 Å². The number of hydrogen-bond acceptors (Lipinski definition) is 3. The fourth-order valence-electron chi connectivity index (χ4n) is 1.41. The van der Waals surface area contributed by atoms with E-state index >= 15 is 0 Å². The van der Waals surface area contributed by atoms with Crippen LogP contribution in [-0.2, 0) is 4.79 Å². The van der Waals surface area contributed by atoms with Crippen LogP contribution in [0.15, 0.2) is 12.7 Å². The van der Waals surface area contributed by atoms with E-state index in [0.29, 0.717) is 25.4 Å². The third-order valence-electron chi connectivity index (χ3n) is 2.07. The van der Waals surface area contributed by atoms with Crippen molar-refractivity contribution in [2.45, 2.75) is 26.3 Å². The molecule has 0 saturated heterocycles. The average molecular weight is 214 g/mol. The Morgan fingerprint density at radius 3 is 2.60 bits per heavy atom. The number of amides is 1. The van der Waals surface area contributed by atoms with Crippen molar-refractivity contribution in [3.63, 3.8) is 0 Å². The number of rotatable bonds is 7. The summed E-state index contributed by atoms with van der Waals surface area (Å²) < 4.78 is 0. The molecular weight excluding hydrogens is 192 g/mol. The Kier molecular flexibility index (Phi) is 6.99. The highest BCUT2D eigenvalue weighted by Gasteiger charge is 2.20. The fraction of sp³-hybridized carbons (Fsp3) is 0.727. The summed E-state index contributed by atoms with van der Waals surface area (Å²) in [4.78, 5) is 13.3. The SMILES string of the molecule is C=CCN(CCO)C(=O)[C@@H](N)CC(C)C. The molecule has 0 heterocycles. The summed E-state index contributed by atoms with van der Waals surface area (Å²) in [5.41, 5.74) is 5.77. The Morgan fingerprint density at radius 2 is 2.20 bits per heavy atom. The van der Waals surface area contributed by atoms with Crippen LogP contribution in [0.1, 0.15) is 20.3 Å². The molecular formula is C11H22N2O2. The summed E-state index contributed by atoms with van der Waals surface area (Å²) in [5.74, 6) is 0.279. The van der Waals surface area contributed by atoms with Gasteiger partial charge in [0.1, 0.15) is 0 Å². The molecule has 0 bridgehead atoms. The molecule has 0 aromatic heterocycles. The second kappa shape index (κ2) is 7.43. The van der Waals surface area contributed by atoms with Crippen LogP contribution in [-0.4, -0.2) is 41.7 Å². The minimum Gasteiger partial charge on any atom is -0.395 e. The lowest BCUT2D eigenvalue weighted by molar-refractivity contribution is -0.132. The van der Waals surface area contributed by atoms with Gasteiger partial charge in [0, 0.05) is 13.1 Å². The zero-order valence-electron chi connectivity index (χ0n) is 9.65. The molecule has 0 unspecified atom stereocenters. The van der Waals surface area contributed by atoms with Gasteiger partial charge in [0.2, 0.25) is 5.91 Å². The predicted molar refractivity (Wildman–Crippen MR) is 61.3 cm³/mol. The van der Waals surface area contributed by atoms with Crippen molar-refractivity contribution >= 4 is 5.91 Å². The molecule has 0 aliphatic rings. The third-order valence-corrected chi connectivity index (χ3v) is 2.07. The van der Waals surface area contributed by atoms with Gasteiger partial charge in [0.25, 0.3) is 0 Å². The number of carbonyl (C=O) groups excluding carboxylic acids is 1. The largest absolute Gasteiger partial charge is 0.395 e. The van der Waals surface area contributed by atoms with Crippen molar-refractivity contribution in [3.05, 3.63) is 12.7 Å². The molecule has 0 fully saturated rings. The molecule has 1 amide bonds. The lowest BCUT2D eigenvalue weighted by atomic mass is 10.0. The van der Waals surface area contributed by atoms with Crippen LogP contribution in [0.3, 0.4) is 0 Å². The van der Waals surface area contributed by atoms with Gasteiger partial charge in [-0.1, -0.05) is 19.9 Å². The number of aliphatic hydroxyl groups is 1. The highest BCUT2D eigenvalue weighted by atomic mass is 16.3. The number of nitrogens with two attached hydrogens (primary N) is 1. The first-order chi connectivity index (χ1) is 7.02. The smallest absolute Gasteiger partial charge is 0.239 e. The number of nitrogens with zero attached hydrogens (tertiary/aromatic N) is 1. The van der Waals surface area contributed by atoms with Crippen molar-refractivity contribution in [2.24, 2.45) is 11.7 Å². The maximum absolute atomic E-state index is 11.8. The Bertz CT molecular complexity index is 205. The van der Waals surface area contributed by atoms with Crippen LogP contribution in [0.25, 0.3) is 0 Å². The summed E-state index contributed by atoms with van der Waals surface area (Å²) in [6.07, 6.45) is 2.30. The number of hydrogen-bond donors (Lipinski definition) is 2. The summed E-state index contributed by atoms with van der Waals surface area (Å²) in [6.45, 7) is 8.32. The molecule has 0 aliphatic carbocycles. The second-order valence-corrected chi connectivity index (χ2v) is 4.03. The Hall–Kier alpha value is -0.870. The van der Waals surface area contributed by atoms with E-state index in [0.717, 1.165) is 0 Å². The first-order valence-corrected chi connectivity index (χ1v) is 5.29. The van der Waals surface area contributed by atoms with Gasteiger partial charge >= 0.3 is 0 Å². The van der Waals surface area contributed by atoms with Crippen LogP contribution in [0.4, 0.5) is 0 Å². The van der Waals surface area contributed by atoms with Gasteiger partial charge in [0.15, 0.2) is 0 Å². The van der Waals surface area contributed by atoms with Crippen molar-refractivity contribution in [1.82, 2.24) is 4.90 Å². The first kappa shape index (κ1) is 14.1. The van der Waals surface area contributed by atoms with Crippen LogP contribution < -0.4 is 5.73 Å². The van der Waals surface area contributed by atoms with E-state index in [1.54, 1.807) is 6.08 Å². The van der Waals surface area contributed by atoms with E-state index in [2.05, 4.69) is 6.58 Å². The molecule has 0 rings (SSSR count). The molecule has 1 atom stereocenters. The highest BCUT2D eigenvalue weighted by Crippen LogP contribution is 2.05. The zero-order valence-corrected chi connectivity index (χ0v) is 9.65. The topological polar surface area (TPSA) is 66.6 Å². The van der Waals surface area contributed by atoms with Crippen molar-refractivity contribution in [3.8, 4) is 0 Å². The molecule has 0 saturated carbocycles. The zero-order chi connectivity index (χ0) is 11.8. The van der Waals surface area contributed by atoms with E-state index in [-0.39, 0.29) is 12.5 Å². The maximum Gasteiger partial charge on any atom is 0.239 e. The fourth-order valence-corrected chi connectivity index (χ4v) is 1.41. The highest BCUT2D eigenvalue weighted by molar-refractivity contribution is 5.81. The van der Waals surface area contributed by atoms with Crippen molar-refractivity contribution in [1.29, 1.82) is 0 Å². The monoisotopic (exact) mass is 214 g/mol. The second-order valence-electron chi connectivity index (χ2n) is 4.03. The van der Waals surface area contributed by atoms with Crippen LogP contribution in [0.2, 0.25) is 0 Å². The van der Waals surface area contributed by atoms with Gasteiger partial charge < -0.3 is 15.7 Å². The van der Waals surface area contributed by atoms with Gasteiger partial charge in [-0.25, -0.2) is 0 Å². The van der Waals surface area contributed by atoms with E-state index in [4.69, 9.17) is 10.8 Å². The summed E-state index contributed by atoms with van der Waals surface area (Å²) >= 11 is 0. The van der Waals surface area contributed by atoms with E-state index in [9.17, 15) is 4.79 Å². The Labute approximate surface area is 91.8 Å². The summed E-state index contributed by atoms with van der Waals surface area (Å²) in [7, 11) is 0. The van der Waals surface area contributed by atoms with Crippen molar-refractivity contribution < 1.29 is 9.90 Å². The van der Waals surface area contributed by atoms with Gasteiger partial charge in [-0.15, -0.1) is 6.58 Å². The maximum atomic E-state index is 11.8. The van der Waals surface area contributed by atoms with E-state index in [1.165, 1.54) is 4.90 Å². The minimum atomic E-state index is -0.475. The summed E-state index contributed by atoms with van der Waals surface area (Å²) in [5, 5.41) is 8.81. The van der Waals surface area contributed by atoms with Gasteiger partial charge in [0.05, 0.1) is 12.6 Å². The Morgan fingerprint density at radius 1 is 1.60 bits per heavy atom. The standard InChI is InChI=1S/C11H22N2O2/c1-4-5-13(6-7-14)11(15)10(12)8-9(2)3/h4,9-10,14H,1,5-8,12H2,2-3H3/t10-/m0/s1. The molecule has 0 aliphatic heterocycles. The molecule has 4 nitrogen and oxygen atoms in total. The average Bonchev–Trinajstić information content (AvgIpc) is 2.15. The lowest BCUT2D eigenvalue weighted by Crippen LogP contribution is -2.45. The molecule has 0 spiro atoms. The molecule has 88 valence electrons. The van der Waals surface area contributed by atoms with Crippen LogP contribution >= 0.6 is 0 Å². The molecule has 0 aromatic carbocycles. The van der Waals surface area contributed by atoms with Gasteiger partial charge in [-0.05, 0) is 12.3 Å². The van der Waals surface area contributed by atoms with Crippen LogP contribution in [0.5, 0.6) is 0 Å². The lowest BCUT2D eigenvalue weighted by Gasteiger charge is -2.24. The molecule has 15 heavy (non-hydrogen) atoms. The molecule has 0 radical (unpaired) electrons. The molecule has 0 aromatic rings. The normalized spacial score (nSPS) is 12.6. The third kappa shape index (κ3) is 5.54. The number of carbonyl (C=O) groups is 1. The van der Waals surface area contributed by atoms with E-state index < -0.39 is 6.04 Å². The quantitative estimate of drug-likeness (QED) is 0.602. The summed E-state index contributed by atoms with van der Waals surface area (Å²) in [6, 6.07) is -0.475. The minimum absolute atomic E-state index is 0.0476. The van der Waals surface area contributed by atoms with Gasteiger partial charge in [-0.2, -0.15) is 0 Å². The predicted octanol–water partition coefficient (Wildman–Crippen LogP) is 0.367. The van der Waals surface area contributed by atoms with Gasteiger partial charge in [-0.3, -0.25) is 4.79 Å². The molecule has 3 N–H and O–H groups in total. The molecule has 4 heteroatoms.